The molecule has 0 N–H and O–H groups in total. The highest BCUT2D eigenvalue weighted by Crippen LogP contribution is 2.42. The summed E-state index contributed by atoms with van der Waals surface area (Å²) in [6.45, 7) is 25.0. The van der Waals surface area contributed by atoms with Crippen molar-refractivity contribution in [2.75, 3.05) is 7.11 Å². The van der Waals surface area contributed by atoms with Gasteiger partial charge in [-0.1, -0.05) is 65.5 Å². The maximum atomic E-state index is 11.7. The second kappa shape index (κ2) is 7.85. The largest absolute Gasteiger partial charge is 0.466 e. The Morgan fingerprint density at radius 1 is 1.00 bits per heavy atom. The van der Waals surface area contributed by atoms with Gasteiger partial charge in [0.15, 0.2) is 0 Å². The summed E-state index contributed by atoms with van der Waals surface area (Å²) in [5.41, 5.74) is 0.439. The third-order valence-electron chi connectivity index (χ3n) is 5.54. The fourth-order valence-electron chi connectivity index (χ4n) is 5.35. The first-order valence-corrected chi connectivity index (χ1v) is 24.4. The van der Waals surface area contributed by atoms with Crippen molar-refractivity contribution in [3.05, 3.63) is 12.2 Å². The highest BCUT2D eigenvalue weighted by atomic mass is 29.9. The fourth-order valence-corrected chi connectivity index (χ4v) is 104. The van der Waals surface area contributed by atoms with E-state index in [0.29, 0.717) is 12.0 Å². The average molecular weight is 400 g/mol. The second-order valence-electron chi connectivity index (χ2n) is 9.98. The molecule has 0 aromatic rings. The van der Waals surface area contributed by atoms with Gasteiger partial charge in [-0.15, -0.1) is 0 Å². The Morgan fingerprint density at radius 3 is 1.62 bits per heavy atom. The maximum Gasteiger partial charge on any atom is 0.333 e. The summed E-state index contributed by atoms with van der Waals surface area (Å²) in [5.74, 6) is -0.482. The molecule has 0 aliphatic heterocycles. The number of rotatable bonds is 8. The van der Waals surface area contributed by atoms with Gasteiger partial charge in [0.1, 0.15) is 0 Å². The molecule has 0 aliphatic carbocycles. The van der Waals surface area contributed by atoms with E-state index in [9.17, 15) is 10.1 Å². The van der Waals surface area contributed by atoms with Crippen molar-refractivity contribution in [2.24, 2.45) is 5.92 Å². The number of carbonyl (C=O) groups excluding carboxylic acids is 1. The molecule has 138 valence electrons. The standard InChI is InChI=1S/C17H37NO2Si4/c1-15(17(19)20-2)12-16(13-18)14-24(21(3,4)5,22(6,7)8)23(9,10)11/h16H,1,12,14H2,2-11H3. The zero-order valence-corrected chi connectivity index (χ0v) is 21.5. The number of carbonyl (C=O) groups is 1. The van der Waals surface area contributed by atoms with Crippen LogP contribution in [0.2, 0.25) is 65.0 Å². The Balaban J connectivity index is 6.00. The summed E-state index contributed by atoms with van der Waals surface area (Å²) >= 11 is 0. The van der Waals surface area contributed by atoms with E-state index >= 15 is 0 Å². The fraction of sp³-hybridized carbons (Fsp3) is 0.765. The van der Waals surface area contributed by atoms with Gasteiger partial charge < -0.3 is 4.74 Å². The van der Waals surface area contributed by atoms with E-state index in [1.807, 2.05) is 0 Å². The van der Waals surface area contributed by atoms with Crippen molar-refractivity contribution < 1.29 is 9.53 Å². The summed E-state index contributed by atoms with van der Waals surface area (Å²) in [5, 5.41) is 9.82. The lowest BCUT2D eigenvalue weighted by Gasteiger charge is -2.58. The molecule has 3 nitrogen and oxygen atoms in total. The number of esters is 1. The Labute approximate surface area is 152 Å². The van der Waals surface area contributed by atoms with Gasteiger partial charge in [0.05, 0.1) is 13.2 Å². The van der Waals surface area contributed by atoms with Crippen LogP contribution in [0.5, 0.6) is 0 Å². The quantitative estimate of drug-likeness (QED) is 0.330. The van der Waals surface area contributed by atoms with Gasteiger partial charge in [0.2, 0.25) is 0 Å². The lowest BCUT2D eigenvalue weighted by atomic mass is 10.0. The Bertz CT molecular complexity index is 483. The van der Waals surface area contributed by atoms with E-state index < -0.39 is 29.4 Å². The lowest BCUT2D eigenvalue weighted by molar-refractivity contribution is -0.136. The van der Waals surface area contributed by atoms with Crippen LogP contribution in [0, 0.1) is 17.2 Å². The highest BCUT2D eigenvalue weighted by molar-refractivity contribution is 7.89. The number of hydrogen-bond acceptors (Lipinski definition) is 3. The molecule has 0 bridgehead atoms. The van der Waals surface area contributed by atoms with Gasteiger partial charge in [0, 0.05) is 40.9 Å². The first-order valence-electron chi connectivity index (χ1n) is 8.71. The van der Waals surface area contributed by atoms with Crippen LogP contribution in [0.15, 0.2) is 12.2 Å². The molecule has 0 aromatic carbocycles. The molecule has 0 rings (SSSR count). The van der Waals surface area contributed by atoms with Crippen LogP contribution in [-0.2, 0) is 9.53 Å². The number of ether oxygens (including phenoxy) is 1. The molecule has 0 aromatic heterocycles. The van der Waals surface area contributed by atoms with Crippen LogP contribution < -0.4 is 0 Å². The van der Waals surface area contributed by atoms with Gasteiger partial charge in [-0.3, -0.25) is 0 Å². The smallest absolute Gasteiger partial charge is 0.333 e. The normalized spacial score (nSPS) is 14.7. The summed E-state index contributed by atoms with van der Waals surface area (Å²) in [6.07, 6.45) is 0.456. The van der Waals surface area contributed by atoms with Crippen molar-refractivity contribution in [3.8, 4) is 6.07 Å². The molecule has 0 saturated heterocycles. The molecule has 1 atom stereocenters. The van der Waals surface area contributed by atoms with Crippen LogP contribution in [0.3, 0.4) is 0 Å². The van der Waals surface area contributed by atoms with Crippen LogP contribution in [-0.4, -0.2) is 42.5 Å². The predicted octanol–water partition coefficient (Wildman–Crippen LogP) is 4.94. The highest BCUT2D eigenvalue weighted by Gasteiger charge is 2.61. The third kappa shape index (κ3) is 4.81. The van der Waals surface area contributed by atoms with Gasteiger partial charge in [-0.05, 0) is 12.5 Å². The molecule has 0 saturated carbocycles. The molecule has 0 amide bonds. The minimum atomic E-state index is -1.60. The molecule has 0 aliphatic rings. The van der Waals surface area contributed by atoms with Crippen molar-refractivity contribution in [1.29, 1.82) is 5.26 Å². The van der Waals surface area contributed by atoms with Gasteiger partial charge in [0.25, 0.3) is 0 Å². The van der Waals surface area contributed by atoms with Crippen LogP contribution in [0.25, 0.3) is 0 Å². The number of nitrogens with zero attached hydrogens (tertiary/aromatic N) is 1. The molecule has 1 unspecified atom stereocenters. The summed E-state index contributed by atoms with van der Waals surface area (Å²) in [6, 6.07) is 3.56. The van der Waals surface area contributed by atoms with Crippen molar-refractivity contribution in [1.82, 2.24) is 0 Å². The Kier molecular flexibility index (Phi) is 7.71. The SMILES string of the molecule is C=C(CC(C#N)C[Si]([Si](C)(C)C)([Si](C)(C)C)[Si](C)(C)C)C(=O)OC. The Hall–Kier alpha value is -0.432. The van der Waals surface area contributed by atoms with Crippen LogP contribution in [0.4, 0.5) is 0 Å². The zero-order valence-electron chi connectivity index (χ0n) is 17.5. The molecular weight excluding hydrogens is 363 g/mol. The molecule has 7 heteroatoms. The molecule has 0 heterocycles. The topological polar surface area (TPSA) is 50.1 Å². The Morgan fingerprint density at radius 2 is 1.38 bits per heavy atom. The van der Waals surface area contributed by atoms with Gasteiger partial charge in [-0.25, -0.2) is 4.79 Å². The minimum absolute atomic E-state index is 0.103. The van der Waals surface area contributed by atoms with E-state index in [1.165, 1.54) is 7.11 Å². The van der Waals surface area contributed by atoms with Crippen molar-refractivity contribution >= 4 is 35.4 Å². The molecule has 24 heavy (non-hydrogen) atoms. The number of methoxy groups -OCH3 is 1. The van der Waals surface area contributed by atoms with Crippen molar-refractivity contribution in [2.45, 2.75) is 71.4 Å². The molecule has 0 spiro atoms. The van der Waals surface area contributed by atoms with E-state index in [2.05, 4.69) is 71.6 Å². The average Bonchev–Trinajstić information content (AvgIpc) is 2.37. The van der Waals surface area contributed by atoms with E-state index in [4.69, 9.17) is 4.74 Å². The molecule has 0 radical (unpaired) electrons. The lowest BCUT2D eigenvalue weighted by Crippen LogP contribution is -2.83. The predicted molar refractivity (Wildman–Crippen MR) is 115 cm³/mol. The summed E-state index contributed by atoms with van der Waals surface area (Å²) in [4.78, 5) is 11.7. The first kappa shape index (κ1) is 23.6. The zero-order chi connectivity index (χ0) is 19.6. The van der Waals surface area contributed by atoms with Crippen LogP contribution in [0.1, 0.15) is 6.42 Å². The molecular formula is C17H37NO2Si4. The van der Waals surface area contributed by atoms with Crippen LogP contribution >= 0.6 is 0 Å². The number of hydrogen-bond donors (Lipinski definition) is 0. The summed E-state index contributed by atoms with van der Waals surface area (Å²) in [7, 11) is -2.85. The van der Waals surface area contributed by atoms with Crippen molar-refractivity contribution in [3.63, 3.8) is 0 Å². The first-order chi connectivity index (χ1) is 10.5. The summed E-state index contributed by atoms with van der Waals surface area (Å²) < 4.78 is 4.78. The van der Waals surface area contributed by atoms with E-state index in [-0.39, 0.29) is 11.9 Å². The third-order valence-corrected chi connectivity index (χ3v) is 79.7. The van der Waals surface area contributed by atoms with Gasteiger partial charge >= 0.3 is 5.97 Å². The maximum absolute atomic E-state index is 11.7. The molecule has 0 fully saturated rings. The second-order valence-corrected chi connectivity index (χ2v) is 51.4. The van der Waals surface area contributed by atoms with Gasteiger partial charge in [-0.2, -0.15) is 5.26 Å². The van der Waals surface area contributed by atoms with E-state index in [1.54, 1.807) is 0 Å². The minimum Gasteiger partial charge on any atom is -0.466 e. The number of nitriles is 1. The monoisotopic (exact) mass is 399 g/mol. The van der Waals surface area contributed by atoms with E-state index in [0.717, 1.165) is 6.04 Å².